The normalized spacial score (nSPS) is 15.0. The highest BCUT2D eigenvalue weighted by molar-refractivity contribution is 9.10. The lowest BCUT2D eigenvalue weighted by Crippen LogP contribution is -2.29. The fourth-order valence-corrected chi connectivity index (χ4v) is 0.836. The zero-order chi connectivity index (χ0) is 9.78. The monoisotopic (exact) mass is 236 g/mol. The van der Waals surface area contributed by atoms with Crippen LogP contribution in [0.2, 0.25) is 0 Å². The summed E-state index contributed by atoms with van der Waals surface area (Å²) in [5.41, 5.74) is 0. The van der Waals surface area contributed by atoms with Crippen LogP contribution in [0, 0.1) is 0 Å². The fraction of sp³-hybridized carbons (Fsp3) is 0.750. The smallest absolute Gasteiger partial charge is 0.307 e. The molecular formula is C8H13BrO3. The van der Waals surface area contributed by atoms with Gasteiger partial charge in [-0.25, -0.2) is 0 Å². The molecule has 0 aromatic heterocycles. The largest absolute Gasteiger partial charge is 0.466 e. The molecule has 0 rings (SSSR count). The number of carbonyl (C=O) groups is 2. The van der Waals surface area contributed by atoms with E-state index in [9.17, 15) is 9.59 Å². The first-order chi connectivity index (χ1) is 5.40. The van der Waals surface area contributed by atoms with E-state index >= 15 is 0 Å². The molecule has 0 saturated heterocycles. The highest BCUT2D eigenvalue weighted by Gasteiger charge is 2.29. The van der Waals surface area contributed by atoms with Crippen LogP contribution in [0.5, 0.6) is 0 Å². The molecule has 0 aromatic carbocycles. The third kappa shape index (κ3) is 3.85. The van der Waals surface area contributed by atoms with Gasteiger partial charge >= 0.3 is 5.97 Å². The molecule has 12 heavy (non-hydrogen) atoms. The van der Waals surface area contributed by atoms with Crippen molar-refractivity contribution in [3.8, 4) is 0 Å². The molecule has 1 unspecified atom stereocenters. The van der Waals surface area contributed by atoms with Crippen molar-refractivity contribution >= 4 is 27.7 Å². The number of Topliss-reactive ketones (excluding diaryl/α,β-unsaturated/α-hetero) is 1. The van der Waals surface area contributed by atoms with E-state index in [4.69, 9.17) is 4.74 Å². The summed E-state index contributed by atoms with van der Waals surface area (Å²) in [7, 11) is 0. The average Bonchev–Trinajstić information content (AvgIpc) is 1.85. The topological polar surface area (TPSA) is 43.4 Å². The molecule has 1 atom stereocenters. The van der Waals surface area contributed by atoms with Crippen molar-refractivity contribution < 1.29 is 14.3 Å². The lowest BCUT2D eigenvalue weighted by Gasteiger charge is -2.16. The maximum absolute atomic E-state index is 11.0. The first-order valence-electron chi connectivity index (χ1n) is 3.75. The van der Waals surface area contributed by atoms with Gasteiger partial charge in [-0.05, 0) is 20.8 Å². The number of ether oxygens (including phenoxy) is 1. The number of carbonyl (C=O) groups excluding carboxylic acids is 2. The number of halogens is 1. The summed E-state index contributed by atoms with van der Waals surface area (Å²) in [6.45, 7) is 5.18. The Morgan fingerprint density at radius 3 is 2.33 bits per heavy atom. The fourth-order valence-electron chi connectivity index (χ4n) is 0.608. The lowest BCUT2D eigenvalue weighted by molar-refractivity contribution is -0.144. The van der Waals surface area contributed by atoms with Crippen LogP contribution in [0.1, 0.15) is 27.2 Å². The van der Waals surface area contributed by atoms with Crippen LogP contribution in [0.15, 0.2) is 0 Å². The van der Waals surface area contributed by atoms with Crippen molar-refractivity contribution in [2.45, 2.75) is 31.5 Å². The summed E-state index contributed by atoms with van der Waals surface area (Å²) in [6.07, 6.45) is 0.0795. The van der Waals surface area contributed by atoms with Gasteiger partial charge in [0.15, 0.2) is 0 Å². The molecule has 0 aliphatic heterocycles. The number of ketones is 1. The Balaban J connectivity index is 4.06. The molecule has 0 N–H and O–H groups in total. The van der Waals surface area contributed by atoms with Crippen molar-refractivity contribution in [2.24, 2.45) is 0 Å². The summed E-state index contributed by atoms with van der Waals surface area (Å²) in [4.78, 5) is 21.9. The van der Waals surface area contributed by atoms with Gasteiger partial charge in [-0.2, -0.15) is 0 Å². The van der Waals surface area contributed by atoms with Crippen molar-refractivity contribution in [3.63, 3.8) is 0 Å². The maximum atomic E-state index is 11.0. The zero-order valence-corrected chi connectivity index (χ0v) is 9.10. The Hall–Kier alpha value is -0.380. The zero-order valence-electron chi connectivity index (χ0n) is 7.52. The maximum Gasteiger partial charge on any atom is 0.307 e. The van der Waals surface area contributed by atoms with Crippen molar-refractivity contribution in [2.75, 3.05) is 6.61 Å². The van der Waals surface area contributed by atoms with Crippen LogP contribution in [0.4, 0.5) is 0 Å². The molecule has 0 spiro atoms. The van der Waals surface area contributed by atoms with Gasteiger partial charge in [0, 0.05) is 0 Å². The minimum Gasteiger partial charge on any atom is -0.466 e. The number of hydrogen-bond acceptors (Lipinski definition) is 3. The molecular weight excluding hydrogens is 224 g/mol. The van der Waals surface area contributed by atoms with Gasteiger partial charge in [-0.15, -0.1) is 0 Å². The molecule has 0 aliphatic rings. The third-order valence-electron chi connectivity index (χ3n) is 1.52. The van der Waals surface area contributed by atoms with Crippen molar-refractivity contribution in [3.05, 3.63) is 0 Å². The molecule has 0 heterocycles. The highest BCUT2D eigenvalue weighted by atomic mass is 79.9. The Labute approximate surface area is 80.6 Å². The van der Waals surface area contributed by atoms with E-state index in [-0.39, 0.29) is 18.2 Å². The number of alkyl halides is 1. The van der Waals surface area contributed by atoms with Gasteiger partial charge in [0.25, 0.3) is 0 Å². The van der Waals surface area contributed by atoms with E-state index in [0.29, 0.717) is 6.61 Å². The van der Waals surface area contributed by atoms with Gasteiger partial charge < -0.3 is 4.74 Å². The lowest BCUT2D eigenvalue weighted by atomic mass is 10.0. The van der Waals surface area contributed by atoms with Gasteiger partial charge in [-0.1, -0.05) is 15.9 Å². The molecule has 70 valence electrons. The molecule has 4 heteroatoms. The van der Waals surface area contributed by atoms with Gasteiger partial charge in [0.1, 0.15) is 5.78 Å². The van der Waals surface area contributed by atoms with E-state index in [1.807, 2.05) is 0 Å². The Morgan fingerprint density at radius 1 is 1.50 bits per heavy atom. The first-order valence-corrected chi connectivity index (χ1v) is 4.55. The summed E-state index contributed by atoms with van der Waals surface area (Å²) in [5.74, 6) is -0.428. The SMILES string of the molecule is CCOC(=O)CC(C)(Br)C(C)=O. The summed E-state index contributed by atoms with van der Waals surface area (Å²) >= 11 is 3.17. The summed E-state index contributed by atoms with van der Waals surface area (Å²) in [5, 5.41) is 0. The van der Waals surface area contributed by atoms with Crippen LogP contribution < -0.4 is 0 Å². The van der Waals surface area contributed by atoms with Crippen LogP contribution in [-0.2, 0) is 14.3 Å². The number of rotatable bonds is 4. The van der Waals surface area contributed by atoms with E-state index in [2.05, 4.69) is 15.9 Å². The molecule has 0 saturated carbocycles. The molecule has 3 nitrogen and oxygen atoms in total. The van der Waals surface area contributed by atoms with E-state index in [1.54, 1.807) is 13.8 Å². The van der Waals surface area contributed by atoms with Gasteiger partial charge in [-0.3, -0.25) is 9.59 Å². The minimum absolute atomic E-state index is 0.0736. The number of hydrogen-bond donors (Lipinski definition) is 0. The second-order valence-corrected chi connectivity index (χ2v) is 4.49. The van der Waals surface area contributed by atoms with Crippen LogP contribution in [0.25, 0.3) is 0 Å². The van der Waals surface area contributed by atoms with Crippen LogP contribution in [0.3, 0.4) is 0 Å². The molecule has 0 aliphatic carbocycles. The third-order valence-corrected chi connectivity index (χ3v) is 2.35. The highest BCUT2D eigenvalue weighted by Crippen LogP contribution is 2.23. The van der Waals surface area contributed by atoms with Crippen LogP contribution in [-0.4, -0.2) is 22.7 Å². The predicted octanol–water partition coefficient (Wildman–Crippen LogP) is 1.68. The van der Waals surface area contributed by atoms with E-state index in [0.717, 1.165) is 0 Å². The summed E-state index contributed by atoms with van der Waals surface area (Å²) in [6, 6.07) is 0. The minimum atomic E-state index is -0.779. The Bertz CT molecular complexity index is 187. The Kier molecular flexibility index (Phi) is 4.45. The first kappa shape index (κ1) is 11.6. The predicted molar refractivity (Wildman–Crippen MR) is 49.3 cm³/mol. The van der Waals surface area contributed by atoms with E-state index < -0.39 is 4.32 Å². The second kappa shape index (κ2) is 4.60. The Morgan fingerprint density at radius 2 is 2.00 bits per heavy atom. The average molecular weight is 237 g/mol. The van der Waals surface area contributed by atoms with E-state index in [1.165, 1.54) is 6.92 Å². The van der Waals surface area contributed by atoms with Crippen molar-refractivity contribution in [1.82, 2.24) is 0 Å². The standard InChI is InChI=1S/C8H13BrO3/c1-4-12-7(11)5-8(3,9)6(2)10/h4-5H2,1-3H3. The summed E-state index contributed by atoms with van der Waals surface area (Å²) < 4.78 is 3.93. The second-order valence-electron chi connectivity index (χ2n) is 2.74. The molecule has 0 fully saturated rings. The van der Waals surface area contributed by atoms with Crippen LogP contribution >= 0.6 is 15.9 Å². The van der Waals surface area contributed by atoms with Gasteiger partial charge in [0.05, 0.1) is 17.4 Å². The number of esters is 1. The molecule has 0 radical (unpaired) electrons. The van der Waals surface area contributed by atoms with Gasteiger partial charge in [0.2, 0.25) is 0 Å². The molecule has 0 amide bonds. The molecule has 0 bridgehead atoms. The quantitative estimate of drug-likeness (QED) is 0.551. The molecule has 0 aromatic rings. The van der Waals surface area contributed by atoms with Crippen molar-refractivity contribution in [1.29, 1.82) is 0 Å².